The lowest BCUT2D eigenvalue weighted by molar-refractivity contribution is 0.110. The molecule has 0 radical (unpaired) electrons. The summed E-state index contributed by atoms with van der Waals surface area (Å²) in [6, 6.07) is 0. The SMILES string of the molecule is CCCCCCCCC(O)(P)CCCCCCC. The first-order valence-electron chi connectivity index (χ1n) is 8.13. The van der Waals surface area contributed by atoms with Gasteiger partial charge in [-0.05, 0) is 12.8 Å². The van der Waals surface area contributed by atoms with E-state index in [-0.39, 0.29) is 0 Å². The Kier molecular flexibility index (Phi) is 12.7. The number of aliphatic hydroxyl groups is 1. The molecule has 18 heavy (non-hydrogen) atoms. The van der Waals surface area contributed by atoms with Crippen LogP contribution in [0.3, 0.4) is 0 Å². The molecule has 0 aromatic carbocycles. The van der Waals surface area contributed by atoms with Crippen LogP contribution in [0.2, 0.25) is 0 Å². The fraction of sp³-hybridized carbons (Fsp3) is 1.00. The fourth-order valence-corrected chi connectivity index (χ4v) is 2.78. The minimum Gasteiger partial charge on any atom is -0.386 e. The van der Waals surface area contributed by atoms with E-state index in [0.717, 1.165) is 12.8 Å². The van der Waals surface area contributed by atoms with Crippen LogP contribution in [0.1, 0.15) is 97.3 Å². The molecule has 0 aliphatic heterocycles. The van der Waals surface area contributed by atoms with Crippen molar-refractivity contribution in [1.82, 2.24) is 0 Å². The molecule has 0 aliphatic carbocycles. The highest BCUT2D eigenvalue weighted by atomic mass is 31.0. The standard InChI is InChI=1S/C16H35OP/c1-3-5-7-9-11-13-15-16(17,18)14-12-10-8-6-4-2/h17H,3-15,18H2,1-2H3. The van der Waals surface area contributed by atoms with Gasteiger partial charge in [0, 0.05) is 0 Å². The Morgan fingerprint density at radius 1 is 0.667 bits per heavy atom. The molecular weight excluding hydrogens is 239 g/mol. The molecule has 0 aromatic rings. The van der Waals surface area contributed by atoms with Gasteiger partial charge in [-0.3, -0.25) is 0 Å². The Labute approximate surface area is 117 Å². The summed E-state index contributed by atoms with van der Waals surface area (Å²) >= 11 is 0. The maximum absolute atomic E-state index is 10.2. The molecule has 0 rings (SSSR count). The molecule has 1 N–H and O–H groups in total. The minimum atomic E-state index is -0.489. The molecule has 2 heteroatoms. The molecule has 0 saturated carbocycles. The first kappa shape index (κ1) is 18.4. The number of unbranched alkanes of at least 4 members (excludes halogenated alkanes) is 9. The van der Waals surface area contributed by atoms with Gasteiger partial charge in [0.25, 0.3) is 0 Å². The van der Waals surface area contributed by atoms with Gasteiger partial charge < -0.3 is 5.11 Å². The van der Waals surface area contributed by atoms with Crippen LogP contribution in [0.25, 0.3) is 0 Å². The van der Waals surface area contributed by atoms with Gasteiger partial charge >= 0.3 is 0 Å². The van der Waals surface area contributed by atoms with Gasteiger partial charge in [0.15, 0.2) is 0 Å². The second-order valence-corrected chi connectivity index (χ2v) is 6.86. The number of rotatable bonds is 13. The van der Waals surface area contributed by atoms with E-state index in [1.165, 1.54) is 70.6 Å². The molecule has 0 aliphatic rings. The maximum atomic E-state index is 10.2. The number of hydrogen-bond donors (Lipinski definition) is 1. The Morgan fingerprint density at radius 3 is 1.39 bits per heavy atom. The largest absolute Gasteiger partial charge is 0.386 e. The van der Waals surface area contributed by atoms with Crippen molar-refractivity contribution in [1.29, 1.82) is 0 Å². The molecule has 0 spiro atoms. The van der Waals surface area contributed by atoms with Crippen molar-refractivity contribution in [2.24, 2.45) is 0 Å². The molecule has 2 atom stereocenters. The maximum Gasteiger partial charge on any atom is 0.0778 e. The summed E-state index contributed by atoms with van der Waals surface area (Å²) in [5, 5.41) is 9.75. The fourth-order valence-electron chi connectivity index (χ4n) is 2.37. The average Bonchev–Trinajstić information content (AvgIpc) is 2.33. The lowest BCUT2D eigenvalue weighted by atomic mass is 10.0. The lowest BCUT2D eigenvalue weighted by Crippen LogP contribution is -2.19. The highest BCUT2D eigenvalue weighted by Crippen LogP contribution is 2.29. The zero-order valence-electron chi connectivity index (χ0n) is 12.7. The van der Waals surface area contributed by atoms with E-state index >= 15 is 0 Å². The highest BCUT2D eigenvalue weighted by molar-refractivity contribution is 7.18. The smallest absolute Gasteiger partial charge is 0.0778 e. The van der Waals surface area contributed by atoms with Gasteiger partial charge in [0.05, 0.1) is 5.34 Å². The van der Waals surface area contributed by atoms with Crippen LogP contribution in [0.5, 0.6) is 0 Å². The van der Waals surface area contributed by atoms with E-state index in [1.54, 1.807) is 0 Å². The van der Waals surface area contributed by atoms with E-state index in [9.17, 15) is 5.11 Å². The summed E-state index contributed by atoms with van der Waals surface area (Å²) in [6.07, 6.45) is 16.2. The van der Waals surface area contributed by atoms with Crippen LogP contribution in [0.15, 0.2) is 0 Å². The average molecular weight is 274 g/mol. The van der Waals surface area contributed by atoms with Gasteiger partial charge in [-0.1, -0.05) is 84.5 Å². The summed E-state index contributed by atoms with van der Waals surface area (Å²) < 4.78 is 0. The molecule has 1 nitrogen and oxygen atoms in total. The van der Waals surface area contributed by atoms with Gasteiger partial charge in [-0.2, -0.15) is 0 Å². The molecule has 0 bridgehead atoms. The molecule has 0 fully saturated rings. The van der Waals surface area contributed by atoms with Crippen molar-refractivity contribution < 1.29 is 5.11 Å². The van der Waals surface area contributed by atoms with Crippen LogP contribution in [-0.2, 0) is 0 Å². The summed E-state index contributed by atoms with van der Waals surface area (Å²) in [5.41, 5.74) is 0. The normalized spacial score (nSPS) is 14.7. The summed E-state index contributed by atoms with van der Waals surface area (Å²) in [7, 11) is 2.68. The van der Waals surface area contributed by atoms with Gasteiger partial charge in [-0.15, -0.1) is 9.24 Å². The van der Waals surface area contributed by atoms with Gasteiger partial charge in [0.1, 0.15) is 0 Å². The topological polar surface area (TPSA) is 20.2 Å². The Hall–Kier alpha value is 0.390. The van der Waals surface area contributed by atoms with Gasteiger partial charge in [-0.25, -0.2) is 0 Å². The molecule has 0 saturated heterocycles. The van der Waals surface area contributed by atoms with Crippen molar-refractivity contribution in [2.45, 2.75) is 103 Å². The van der Waals surface area contributed by atoms with Crippen molar-refractivity contribution in [3.05, 3.63) is 0 Å². The number of hydrogen-bond acceptors (Lipinski definition) is 1. The zero-order chi connectivity index (χ0) is 13.7. The van der Waals surface area contributed by atoms with E-state index < -0.39 is 5.34 Å². The van der Waals surface area contributed by atoms with Crippen molar-refractivity contribution in [3.8, 4) is 0 Å². The quantitative estimate of drug-likeness (QED) is 0.339. The molecule has 0 aromatic heterocycles. The first-order chi connectivity index (χ1) is 8.62. The molecule has 0 amide bonds. The summed E-state index contributed by atoms with van der Waals surface area (Å²) in [4.78, 5) is 0. The predicted octanol–water partition coefficient (Wildman–Crippen LogP) is 5.66. The monoisotopic (exact) mass is 274 g/mol. The second-order valence-electron chi connectivity index (χ2n) is 5.79. The van der Waals surface area contributed by atoms with E-state index in [4.69, 9.17) is 0 Å². The molecule has 0 heterocycles. The van der Waals surface area contributed by atoms with Crippen molar-refractivity contribution in [2.75, 3.05) is 0 Å². The minimum absolute atomic E-state index is 0.489. The Morgan fingerprint density at radius 2 is 1.00 bits per heavy atom. The predicted molar refractivity (Wildman–Crippen MR) is 86.0 cm³/mol. The van der Waals surface area contributed by atoms with Crippen molar-refractivity contribution >= 4 is 9.24 Å². The van der Waals surface area contributed by atoms with Crippen LogP contribution in [-0.4, -0.2) is 10.4 Å². The van der Waals surface area contributed by atoms with E-state index in [0.29, 0.717) is 0 Å². The summed E-state index contributed by atoms with van der Waals surface area (Å²) in [6.45, 7) is 4.49. The van der Waals surface area contributed by atoms with Crippen molar-refractivity contribution in [3.63, 3.8) is 0 Å². The Bertz CT molecular complexity index is 168. The molecule has 2 unspecified atom stereocenters. The van der Waals surface area contributed by atoms with Crippen LogP contribution >= 0.6 is 9.24 Å². The zero-order valence-corrected chi connectivity index (χ0v) is 13.9. The van der Waals surface area contributed by atoms with Crippen LogP contribution in [0.4, 0.5) is 0 Å². The van der Waals surface area contributed by atoms with Crippen LogP contribution < -0.4 is 0 Å². The third-order valence-electron chi connectivity index (χ3n) is 3.68. The van der Waals surface area contributed by atoms with E-state index in [2.05, 4.69) is 23.1 Å². The Balaban J connectivity index is 3.37. The third-order valence-corrected chi connectivity index (χ3v) is 4.25. The first-order valence-corrected chi connectivity index (χ1v) is 8.71. The second kappa shape index (κ2) is 12.4. The highest BCUT2D eigenvalue weighted by Gasteiger charge is 2.18. The molecule has 110 valence electrons. The summed E-state index contributed by atoms with van der Waals surface area (Å²) in [5.74, 6) is 0. The van der Waals surface area contributed by atoms with Crippen LogP contribution in [0, 0.1) is 0 Å². The molecular formula is C16H35OP. The van der Waals surface area contributed by atoms with Gasteiger partial charge in [0.2, 0.25) is 0 Å². The van der Waals surface area contributed by atoms with E-state index in [1.807, 2.05) is 0 Å². The third kappa shape index (κ3) is 12.8. The lowest BCUT2D eigenvalue weighted by Gasteiger charge is -2.23.